The first kappa shape index (κ1) is 32.8. The molecule has 1 aromatic carbocycles. The molecule has 6 N–H and O–H groups in total. The first-order valence-corrected chi connectivity index (χ1v) is 15.0. The number of pyridine rings is 1. The number of halogens is 3. The highest BCUT2D eigenvalue weighted by Crippen LogP contribution is 2.41. The summed E-state index contributed by atoms with van der Waals surface area (Å²) in [5.41, 5.74) is 6.00. The fourth-order valence-corrected chi connectivity index (χ4v) is 6.65. The van der Waals surface area contributed by atoms with E-state index in [1.165, 1.54) is 25.5 Å². The van der Waals surface area contributed by atoms with Gasteiger partial charge in [0.1, 0.15) is 17.3 Å². The van der Waals surface area contributed by atoms with E-state index in [0.717, 1.165) is 29.8 Å². The van der Waals surface area contributed by atoms with E-state index < -0.39 is 35.0 Å². The number of nitrogens with one attached hydrogen (secondary N) is 3. The molecule has 3 aromatic rings. The standard InChI is InChI=1S/C32H40F3N7O3/c1-18-12-19(13-26(37)29(18)42(2)31(43)44-3)22-6-9-38-17-27(22)41-30-39-16-21(40-30)4-5-25(36)28-23(33)14-20(15-24(28)34)32(35)7-10-45-11-8-32/h4-6,9,14-19,26,29,31,36,43H,7-8,10-13,37H2,1-3H3,(H2,39,40,41)/b5-4-,36-25?/t18-,19+,26+,29-,31?/m0/s1. The molecule has 2 aromatic heterocycles. The lowest BCUT2D eigenvalue weighted by Crippen LogP contribution is -2.56. The van der Waals surface area contributed by atoms with E-state index in [1.807, 2.05) is 6.07 Å². The highest BCUT2D eigenvalue weighted by atomic mass is 19.1. The molecule has 2 fully saturated rings. The minimum Gasteiger partial charge on any atom is -0.381 e. The summed E-state index contributed by atoms with van der Waals surface area (Å²) in [5, 5.41) is 21.7. The number of ether oxygens (including phenoxy) is 2. The van der Waals surface area contributed by atoms with Crippen molar-refractivity contribution in [3.05, 3.63) is 76.9 Å². The molecule has 242 valence electrons. The fourth-order valence-electron chi connectivity index (χ4n) is 6.65. The Kier molecular flexibility index (Phi) is 10.0. The van der Waals surface area contributed by atoms with Crippen LogP contribution in [0.1, 0.15) is 60.9 Å². The van der Waals surface area contributed by atoms with Gasteiger partial charge in [-0.1, -0.05) is 6.92 Å². The number of benzene rings is 1. The summed E-state index contributed by atoms with van der Waals surface area (Å²) in [6.07, 6.45) is 8.24. The second-order valence-electron chi connectivity index (χ2n) is 11.9. The molecule has 5 atom stereocenters. The zero-order valence-electron chi connectivity index (χ0n) is 25.6. The molecule has 0 radical (unpaired) electrons. The summed E-state index contributed by atoms with van der Waals surface area (Å²) >= 11 is 0. The van der Waals surface area contributed by atoms with Crippen molar-refractivity contribution < 1.29 is 27.8 Å². The average Bonchev–Trinajstić information content (AvgIpc) is 3.46. The third-order valence-electron chi connectivity index (χ3n) is 8.95. The quantitative estimate of drug-likeness (QED) is 0.157. The number of aromatic nitrogens is 3. The van der Waals surface area contributed by atoms with Crippen LogP contribution in [0.5, 0.6) is 0 Å². The number of aromatic amines is 1. The van der Waals surface area contributed by atoms with Crippen molar-refractivity contribution in [3.63, 3.8) is 0 Å². The summed E-state index contributed by atoms with van der Waals surface area (Å²) in [5.74, 6) is -1.27. The predicted molar refractivity (Wildman–Crippen MR) is 165 cm³/mol. The Balaban J connectivity index is 1.26. The van der Waals surface area contributed by atoms with Gasteiger partial charge in [0.25, 0.3) is 0 Å². The number of aliphatic hydroxyl groups is 1. The summed E-state index contributed by atoms with van der Waals surface area (Å²) in [6.45, 7) is 2.47. The molecular formula is C32H40F3N7O3. The third kappa shape index (κ3) is 7.12. The van der Waals surface area contributed by atoms with Crippen molar-refractivity contribution in [3.8, 4) is 0 Å². The van der Waals surface area contributed by atoms with Crippen LogP contribution in [0.2, 0.25) is 0 Å². The fraction of sp³-hybridized carbons (Fsp3) is 0.469. The Bertz CT molecular complexity index is 1490. The monoisotopic (exact) mass is 627 g/mol. The van der Waals surface area contributed by atoms with E-state index in [1.54, 1.807) is 24.3 Å². The van der Waals surface area contributed by atoms with Crippen LogP contribution in [-0.4, -0.2) is 76.5 Å². The topological polar surface area (TPSA) is 145 Å². The molecule has 13 heteroatoms. The number of allylic oxidation sites excluding steroid dienone is 1. The molecule has 1 aliphatic heterocycles. The highest BCUT2D eigenvalue weighted by molar-refractivity contribution is 6.09. The van der Waals surface area contributed by atoms with Crippen molar-refractivity contribution in [1.29, 1.82) is 5.41 Å². The molecule has 1 saturated heterocycles. The first-order chi connectivity index (χ1) is 21.5. The van der Waals surface area contributed by atoms with Crippen molar-refractivity contribution >= 4 is 23.4 Å². The van der Waals surface area contributed by atoms with Crippen LogP contribution in [0.3, 0.4) is 0 Å². The minimum absolute atomic E-state index is 0.0184. The molecule has 2 aliphatic rings. The van der Waals surface area contributed by atoms with Gasteiger partial charge in [-0.05, 0) is 73.2 Å². The number of H-pyrrole nitrogens is 1. The number of nitrogens with two attached hydrogens (primary N) is 1. The van der Waals surface area contributed by atoms with E-state index in [4.69, 9.17) is 20.6 Å². The Morgan fingerprint density at radius 1 is 1.27 bits per heavy atom. The van der Waals surface area contributed by atoms with Crippen LogP contribution < -0.4 is 11.1 Å². The lowest BCUT2D eigenvalue weighted by molar-refractivity contribution is -0.191. The number of nitrogens with zero attached hydrogens (tertiary/aromatic N) is 3. The second-order valence-corrected chi connectivity index (χ2v) is 11.9. The van der Waals surface area contributed by atoms with Gasteiger partial charge in [0.05, 0.1) is 35.1 Å². The maximum absolute atomic E-state index is 15.3. The maximum Gasteiger partial charge on any atom is 0.215 e. The van der Waals surface area contributed by atoms with Gasteiger partial charge in [-0.3, -0.25) is 9.88 Å². The van der Waals surface area contributed by atoms with Crippen LogP contribution in [-0.2, 0) is 15.1 Å². The number of hydrogen-bond acceptors (Lipinski definition) is 9. The van der Waals surface area contributed by atoms with Crippen LogP contribution in [0, 0.1) is 23.0 Å². The molecule has 1 unspecified atom stereocenters. The summed E-state index contributed by atoms with van der Waals surface area (Å²) in [7, 11) is 3.25. The van der Waals surface area contributed by atoms with Crippen LogP contribution >= 0.6 is 0 Å². The molecule has 1 saturated carbocycles. The van der Waals surface area contributed by atoms with Crippen molar-refractivity contribution in [2.45, 2.75) is 62.7 Å². The number of aliphatic hydroxyl groups excluding tert-OH is 1. The Labute approximate surface area is 260 Å². The van der Waals surface area contributed by atoms with E-state index in [9.17, 15) is 13.9 Å². The molecular weight excluding hydrogens is 587 g/mol. The van der Waals surface area contributed by atoms with Crippen molar-refractivity contribution in [2.75, 3.05) is 32.7 Å². The molecule has 0 amide bonds. The zero-order chi connectivity index (χ0) is 32.3. The third-order valence-corrected chi connectivity index (χ3v) is 8.95. The highest BCUT2D eigenvalue weighted by Gasteiger charge is 2.39. The predicted octanol–water partition coefficient (Wildman–Crippen LogP) is 4.95. The van der Waals surface area contributed by atoms with Gasteiger partial charge < -0.3 is 36.0 Å². The van der Waals surface area contributed by atoms with E-state index in [0.29, 0.717) is 18.1 Å². The van der Waals surface area contributed by atoms with Crippen LogP contribution in [0.25, 0.3) is 6.08 Å². The van der Waals surface area contributed by atoms with Crippen LogP contribution in [0.15, 0.2) is 42.9 Å². The lowest BCUT2D eigenvalue weighted by atomic mass is 9.73. The number of alkyl halides is 1. The normalized spacial score (nSPS) is 24.2. The number of imidazole rings is 1. The molecule has 5 rings (SSSR count). The summed E-state index contributed by atoms with van der Waals surface area (Å²) in [4.78, 5) is 13.5. The lowest BCUT2D eigenvalue weighted by Gasteiger charge is -2.44. The molecule has 1 aliphatic carbocycles. The SMILES string of the molecule is COC(O)N(C)[C@@H]1[C@H](N)C[C@H](c2ccncc2Nc2ncc(/C=C\C(=N)c3c(F)cc(C4(F)CCOCC4)cc3F)[nH]2)C[C@@H]1C. The number of rotatable bonds is 10. The molecule has 0 spiro atoms. The van der Waals surface area contributed by atoms with Gasteiger partial charge in [-0.2, -0.15) is 0 Å². The number of anilines is 2. The first-order valence-electron chi connectivity index (χ1n) is 15.0. The number of methoxy groups -OCH3 is 1. The smallest absolute Gasteiger partial charge is 0.215 e. The van der Waals surface area contributed by atoms with Gasteiger partial charge in [0.2, 0.25) is 12.4 Å². The van der Waals surface area contributed by atoms with Gasteiger partial charge in [0.15, 0.2) is 0 Å². The molecule has 45 heavy (non-hydrogen) atoms. The van der Waals surface area contributed by atoms with Crippen molar-refractivity contribution in [2.24, 2.45) is 11.7 Å². The van der Waals surface area contributed by atoms with Gasteiger partial charge >= 0.3 is 0 Å². The maximum atomic E-state index is 15.3. The Morgan fingerprint density at radius 2 is 1.98 bits per heavy atom. The number of likely N-dealkylation sites (N-methyl/N-ethyl adjacent to an activating group) is 1. The van der Waals surface area contributed by atoms with E-state index in [2.05, 4.69) is 27.2 Å². The van der Waals surface area contributed by atoms with Gasteiger partial charge in [0, 0.05) is 51.4 Å². The second kappa shape index (κ2) is 13.8. The summed E-state index contributed by atoms with van der Waals surface area (Å²) in [6, 6.07) is 3.64. The van der Waals surface area contributed by atoms with Crippen molar-refractivity contribution in [1.82, 2.24) is 19.9 Å². The van der Waals surface area contributed by atoms with Crippen LogP contribution in [0.4, 0.5) is 24.8 Å². The largest absolute Gasteiger partial charge is 0.381 e. The average molecular weight is 628 g/mol. The van der Waals surface area contributed by atoms with E-state index >= 15 is 4.39 Å². The van der Waals surface area contributed by atoms with E-state index in [-0.39, 0.29) is 55.5 Å². The molecule has 10 nitrogen and oxygen atoms in total. The summed E-state index contributed by atoms with van der Waals surface area (Å²) < 4.78 is 55.4. The Morgan fingerprint density at radius 3 is 2.64 bits per heavy atom. The molecule has 0 bridgehead atoms. The van der Waals surface area contributed by atoms with Gasteiger partial charge in [-0.15, -0.1) is 0 Å². The zero-order valence-corrected chi connectivity index (χ0v) is 25.6. The molecule has 3 heterocycles. The minimum atomic E-state index is -1.86. The van der Waals surface area contributed by atoms with Gasteiger partial charge in [-0.25, -0.2) is 18.2 Å². The number of hydrogen-bond donors (Lipinski definition) is 5. The Hall–Kier alpha value is -3.62.